The Kier molecular flexibility index (Phi) is 5.56. The number of rotatable bonds is 4. The summed E-state index contributed by atoms with van der Waals surface area (Å²) in [4.78, 5) is 11.2. The number of alkyl halides is 1. The molecular formula is C23H29FN6O2. The fourth-order valence-corrected chi connectivity index (χ4v) is 4.87. The number of piperidine rings is 1. The van der Waals surface area contributed by atoms with Crippen molar-refractivity contribution in [2.24, 2.45) is 7.05 Å². The van der Waals surface area contributed by atoms with E-state index in [1.165, 1.54) is 0 Å². The van der Waals surface area contributed by atoms with Gasteiger partial charge in [0.1, 0.15) is 6.17 Å². The van der Waals surface area contributed by atoms with Gasteiger partial charge >= 0.3 is 0 Å². The van der Waals surface area contributed by atoms with Gasteiger partial charge < -0.3 is 15.2 Å². The van der Waals surface area contributed by atoms with E-state index < -0.39 is 12.3 Å². The number of anilines is 2. The van der Waals surface area contributed by atoms with Crippen molar-refractivity contribution in [1.29, 1.82) is 0 Å². The first-order valence-electron chi connectivity index (χ1n) is 11.1. The maximum atomic E-state index is 15.3. The summed E-state index contributed by atoms with van der Waals surface area (Å²) in [5, 5.41) is 18.5. The number of hydrogen-bond donors (Lipinski definition) is 2. The lowest BCUT2D eigenvalue weighted by atomic mass is 9.84. The largest absolute Gasteiger partial charge is 0.389 e. The molecule has 8 nitrogen and oxygen atoms in total. The van der Waals surface area contributed by atoms with Crippen LogP contribution < -0.4 is 5.32 Å². The first-order chi connectivity index (χ1) is 15.4. The Morgan fingerprint density at radius 1 is 1.22 bits per heavy atom. The van der Waals surface area contributed by atoms with E-state index in [0.29, 0.717) is 32.1 Å². The number of hydrogen-bond acceptors (Lipinski definition) is 7. The molecule has 0 unspecified atom stereocenters. The van der Waals surface area contributed by atoms with Crippen molar-refractivity contribution in [2.45, 2.75) is 44.5 Å². The molecule has 3 aromatic rings. The number of aromatic nitrogens is 4. The monoisotopic (exact) mass is 440 g/mol. The maximum Gasteiger partial charge on any atom is 0.227 e. The fourth-order valence-electron chi connectivity index (χ4n) is 4.87. The van der Waals surface area contributed by atoms with Crippen molar-refractivity contribution in [3.63, 3.8) is 0 Å². The topological polar surface area (TPSA) is 88.3 Å². The quantitative estimate of drug-likeness (QED) is 0.645. The molecule has 0 aliphatic carbocycles. The highest BCUT2D eigenvalue weighted by atomic mass is 19.1. The van der Waals surface area contributed by atoms with Crippen LogP contribution in [0, 0.1) is 13.8 Å². The molecule has 9 heteroatoms. The normalized spacial score (nSPS) is 26.7. The van der Waals surface area contributed by atoms with Crippen LogP contribution in [0.25, 0.3) is 10.9 Å². The minimum Gasteiger partial charge on any atom is -0.389 e. The molecular weight excluding hydrogens is 411 g/mol. The second-order valence-electron chi connectivity index (χ2n) is 8.93. The van der Waals surface area contributed by atoms with E-state index in [0.717, 1.165) is 40.0 Å². The Morgan fingerprint density at radius 3 is 2.75 bits per heavy atom. The van der Waals surface area contributed by atoms with Crippen LogP contribution in [0.4, 0.5) is 16.0 Å². The number of likely N-dealkylation sites (tertiary alicyclic amines) is 1. The number of nitrogens with zero attached hydrogens (tertiary/aromatic N) is 5. The second kappa shape index (κ2) is 8.38. The SMILES string of the molecule is Cc1cc2cnc(Nc3cnn(C)c3C)nc2cc1[C@@H]1CCN([C@H]2COC[C@H]2O)C[C@H]1F. The molecule has 2 aliphatic heterocycles. The van der Waals surface area contributed by atoms with Crippen molar-refractivity contribution in [1.82, 2.24) is 24.6 Å². The van der Waals surface area contributed by atoms with Gasteiger partial charge in [0.25, 0.3) is 0 Å². The van der Waals surface area contributed by atoms with E-state index in [2.05, 4.69) is 20.4 Å². The molecule has 0 saturated carbocycles. The predicted octanol–water partition coefficient (Wildman–Crippen LogP) is 2.61. The molecule has 2 aliphatic rings. The van der Waals surface area contributed by atoms with Crippen molar-refractivity contribution in [2.75, 3.05) is 31.6 Å². The third-order valence-corrected chi connectivity index (χ3v) is 6.91. The summed E-state index contributed by atoms with van der Waals surface area (Å²) < 4.78 is 22.5. The van der Waals surface area contributed by atoms with Gasteiger partial charge in [0, 0.05) is 31.1 Å². The molecule has 0 spiro atoms. The number of nitrogens with one attached hydrogen (secondary N) is 1. The first-order valence-corrected chi connectivity index (χ1v) is 11.1. The van der Waals surface area contributed by atoms with E-state index in [-0.39, 0.29) is 12.0 Å². The molecule has 2 aromatic heterocycles. The Hall–Kier alpha value is -2.62. The van der Waals surface area contributed by atoms with Crippen molar-refractivity contribution in [3.8, 4) is 0 Å². The number of halogens is 1. The van der Waals surface area contributed by atoms with Crippen LogP contribution in [-0.2, 0) is 11.8 Å². The van der Waals surface area contributed by atoms with Gasteiger partial charge in [-0.15, -0.1) is 0 Å². The Bertz CT molecular complexity index is 1140. The summed E-state index contributed by atoms with van der Waals surface area (Å²) in [6.07, 6.45) is 2.70. The zero-order chi connectivity index (χ0) is 22.4. The number of aliphatic hydroxyl groups is 1. The molecule has 32 heavy (non-hydrogen) atoms. The maximum absolute atomic E-state index is 15.3. The van der Waals surface area contributed by atoms with Gasteiger partial charge in [-0.05, 0) is 50.1 Å². The molecule has 0 radical (unpaired) electrons. The highest BCUT2D eigenvalue weighted by Gasteiger charge is 2.38. The molecule has 1 aromatic carbocycles. The van der Waals surface area contributed by atoms with Crippen LogP contribution in [0.3, 0.4) is 0 Å². The van der Waals surface area contributed by atoms with Crippen LogP contribution in [0.5, 0.6) is 0 Å². The highest BCUT2D eigenvalue weighted by molar-refractivity contribution is 5.81. The van der Waals surface area contributed by atoms with Gasteiger partial charge in [-0.1, -0.05) is 0 Å². The molecule has 0 bridgehead atoms. The van der Waals surface area contributed by atoms with Gasteiger partial charge in [-0.3, -0.25) is 9.58 Å². The Morgan fingerprint density at radius 2 is 2.06 bits per heavy atom. The summed E-state index contributed by atoms with van der Waals surface area (Å²) in [7, 11) is 1.88. The molecule has 2 fully saturated rings. The number of fused-ring (bicyclic) bond motifs is 1. The third-order valence-electron chi connectivity index (χ3n) is 6.91. The van der Waals surface area contributed by atoms with E-state index in [9.17, 15) is 5.11 Å². The molecule has 2 saturated heterocycles. The summed E-state index contributed by atoms with van der Waals surface area (Å²) in [5.41, 5.74) is 4.68. The Balaban J connectivity index is 1.39. The highest BCUT2D eigenvalue weighted by Crippen LogP contribution is 2.35. The van der Waals surface area contributed by atoms with Crippen LogP contribution in [0.15, 0.2) is 24.5 Å². The van der Waals surface area contributed by atoms with E-state index in [1.54, 1.807) is 17.1 Å². The summed E-state index contributed by atoms with van der Waals surface area (Å²) in [6.45, 7) is 5.85. The van der Waals surface area contributed by atoms with Crippen molar-refractivity contribution in [3.05, 3.63) is 41.3 Å². The van der Waals surface area contributed by atoms with Crippen LogP contribution in [-0.4, -0.2) is 74.4 Å². The Labute approximate surface area is 186 Å². The lowest BCUT2D eigenvalue weighted by molar-refractivity contribution is 0.0352. The minimum atomic E-state index is -1.01. The zero-order valence-corrected chi connectivity index (χ0v) is 18.6. The van der Waals surface area contributed by atoms with E-state index in [1.807, 2.05) is 37.9 Å². The average molecular weight is 441 g/mol. The summed E-state index contributed by atoms with van der Waals surface area (Å²) >= 11 is 0. The standard InChI is InChI=1S/C23H29FN6O2/c1-13-6-15-8-25-23(28-20-9-26-29(3)14(20)2)27-19(15)7-17(13)16-4-5-30(10-18(16)24)21-11-32-12-22(21)31/h6-9,16,18,21-22,31H,4-5,10-12H2,1-3H3,(H,25,27,28)/t16-,18+,21-,22+/m0/s1. The average Bonchev–Trinajstić information content (AvgIpc) is 3.34. The molecule has 2 N–H and O–H groups in total. The van der Waals surface area contributed by atoms with Crippen LogP contribution in [0.1, 0.15) is 29.2 Å². The lowest BCUT2D eigenvalue weighted by Crippen LogP contribution is -2.50. The molecule has 0 amide bonds. The zero-order valence-electron chi connectivity index (χ0n) is 18.6. The molecule has 4 atom stereocenters. The number of ether oxygens (including phenoxy) is 1. The van der Waals surface area contributed by atoms with Gasteiger partial charge in [0.05, 0.1) is 48.5 Å². The van der Waals surface area contributed by atoms with Crippen LogP contribution in [0.2, 0.25) is 0 Å². The first kappa shape index (κ1) is 21.2. The summed E-state index contributed by atoms with van der Waals surface area (Å²) in [6, 6.07) is 3.94. The second-order valence-corrected chi connectivity index (χ2v) is 8.93. The summed E-state index contributed by atoms with van der Waals surface area (Å²) in [5.74, 6) is 0.298. The van der Waals surface area contributed by atoms with E-state index in [4.69, 9.17) is 4.74 Å². The van der Waals surface area contributed by atoms with Crippen molar-refractivity contribution < 1.29 is 14.2 Å². The van der Waals surface area contributed by atoms with Gasteiger partial charge in [0.15, 0.2) is 0 Å². The minimum absolute atomic E-state index is 0.107. The van der Waals surface area contributed by atoms with Gasteiger partial charge in [0.2, 0.25) is 5.95 Å². The van der Waals surface area contributed by atoms with Crippen molar-refractivity contribution >= 4 is 22.5 Å². The molecule has 4 heterocycles. The lowest BCUT2D eigenvalue weighted by Gasteiger charge is -2.39. The van der Waals surface area contributed by atoms with E-state index >= 15 is 4.39 Å². The fraction of sp³-hybridized carbons (Fsp3) is 0.522. The van der Waals surface area contributed by atoms with Gasteiger partial charge in [-0.25, -0.2) is 14.4 Å². The smallest absolute Gasteiger partial charge is 0.227 e. The van der Waals surface area contributed by atoms with Gasteiger partial charge in [-0.2, -0.15) is 5.10 Å². The molecule has 170 valence electrons. The number of benzene rings is 1. The predicted molar refractivity (Wildman–Crippen MR) is 120 cm³/mol. The third kappa shape index (κ3) is 3.85. The number of aryl methyl sites for hydroxylation is 2. The molecule has 5 rings (SSSR count). The van der Waals surface area contributed by atoms with Crippen LogP contribution >= 0.6 is 0 Å². The number of aliphatic hydroxyl groups excluding tert-OH is 1.